The Morgan fingerprint density at radius 2 is 2.00 bits per heavy atom. The minimum Gasteiger partial charge on any atom is -0.486 e. The first kappa shape index (κ1) is 19.7. The molecule has 148 valence electrons. The second kappa shape index (κ2) is 7.49. The number of esters is 1. The highest BCUT2D eigenvalue weighted by atomic mass is 19.4. The molecular formula is C19H15F4NO4. The van der Waals surface area contributed by atoms with Crippen LogP contribution in [0.15, 0.2) is 34.9 Å². The zero-order valence-electron chi connectivity index (χ0n) is 14.9. The van der Waals surface area contributed by atoms with Crippen molar-refractivity contribution in [1.82, 2.24) is 4.98 Å². The van der Waals surface area contributed by atoms with Crippen LogP contribution < -0.4 is 4.74 Å². The molecule has 0 spiro atoms. The van der Waals surface area contributed by atoms with Gasteiger partial charge >= 0.3 is 12.1 Å². The van der Waals surface area contributed by atoms with Crippen molar-refractivity contribution >= 4 is 16.9 Å². The average molecular weight is 397 g/mol. The monoisotopic (exact) mass is 397 g/mol. The molecule has 0 saturated carbocycles. The number of rotatable bonds is 5. The Balaban J connectivity index is 1.97. The molecule has 0 unspecified atom stereocenters. The summed E-state index contributed by atoms with van der Waals surface area (Å²) in [5, 5.41) is -0.143. The number of carbonyl (C=O) groups is 1. The third kappa shape index (κ3) is 3.64. The SMILES string of the molecule is CCOC(=O)c1c(C)oc2ccc(OCc3cccnc3C(F)(F)F)c(F)c12. The predicted octanol–water partition coefficient (Wildman–Crippen LogP) is 5.05. The van der Waals surface area contributed by atoms with E-state index in [9.17, 15) is 22.4 Å². The summed E-state index contributed by atoms with van der Waals surface area (Å²) in [5.74, 6) is -1.84. The standard InChI is InChI=1S/C19H15F4NO4/c1-3-26-18(25)14-10(2)28-12-6-7-13(16(20)15(12)14)27-9-11-5-4-8-24-17(11)19(21,22)23/h4-8H,3,9H2,1-2H3. The molecule has 3 rings (SSSR count). The molecule has 2 aromatic heterocycles. The van der Waals surface area contributed by atoms with Crippen molar-refractivity contribution in [3.05, 3.63) is 58.9 Å². The van der Waals surface area contributed by atoms with Gasteiger partial charge in [0.25, 0.3) is 0 Å². The largest absolute Gasteiger partial charge is 0.486 e. The van der Waals surface area contributed by atoms with E-state index in [4.69, 9.17) is 13.9 Å². The number of aromatic nitrogens is 1. The van der Waals surface area contributed by atoms with Crippen molar-refractivity contribution in [3.63, 3.8) is 0 Å². The number of hydrogen-bond donors (Lipinski definition) is 0. The number of halogens is 4. The average Bonchev–Trinajstić information content (AvgIpc) is 2.98. The van der Waals surface area contributed by atoms with Crippen molar-refractivity contribution in [2.24, 2.45) is 0 Å². The summed E-state index contributed by atoms with van der Waals surface area (Å²) in [6.07, 6.45) is -3.65. The van der Waals surface area contributed by atoms with Crippen molar-refractivity contribution in [1.29, 1.82) is 0 Å². The second-order valence-corrected chi connectivity index (χ2v) is 5.80. The van der Waals surface area contributed by atoms with Crippen LogP contribution in [0.1, 0.15) is 34.3 Å². The second-order valence-electron chi connectivity index (χ2n) is 5.80. The van der Waals surface area contributed by atoms with E-state index in [0.717, 1.165) is 6.20 Å². The van der Waals surface area contributed by atoms with E-state index in [1.165, 1.54) is 31.2 Å². The van der Waals surface area contributed by atoms with Gasteiger partial charge in [0.15, 0.2) is 17.3 Å². The van der Waals surface area contributed by atoms with Gasteiger partial charge in [-0.3, -0.25) is 4.98 Å². The molecule has 5 nitrogen and oxygen atoms in total. The molecule has 0 aliphatic heterocycles. The van der Waals surface area contributed by atoms with Crippen LogP contribution >= 0.6 is 0 Å². The van der Waals surface area contributed by atoms with Crippen LogP contribution in [0, 0.1) is 12.7 Å². The number of benzene rings is 1. The Morgan fingerprint density at radius 1 is 1.25 bits per heavy atom. The first-order chi connectivity index (χ1) is 13.2. The predicted molar refractivity (Wildman–Crippen MR) is 90.4 cm³/mol. The highest BCUT2D eigenvalue weighted by Gasteiger charge is 2.35. The molecule has 0 N–H and O–H groups in total. The zero-order chi connectivity index (χ0) is 20.5. The number of alkyl halides is 3. The van der Waals surface area contributed by atoms with Crippen LogP contribution in [0.25, 0.3) is 11.0 Å². The van der Waals surface area contributed by atoms with Crippen LogP contribution in [0.2, 0.25) is 0 Å². The number of aryl methyl sites for hydroxylation is 1. The van der Waals surface area contributed by atoms with Gasteiger partial charge in [0, 0.05) is 11.8 Å². The fraction of sp³-hybridized carbons (Fsp3) is 0.263. The van der Waals surface area contributed by atoms with Crippen LogP contribution in [-0.4, -0.2) is 17.6 Å². The van der Waals surface area contributed by atoms with Crippen molar-refractivity contribution in [3.8, 4) is 5.75 Å². The molecule has 0 saturated heterocycles. The summed E-state index contributed by atoms with van der Waals surface area (Å²) in [7, 11) is 0. The highest BCUT2D eigenvalue weighted by Crippen LogP contribution is 2.35. The van der Waals surface area contributed by atoms with Gasteiger partial charge in [-0.15, -0.1) is 0 Å². The Labute approximate surface area is 156 Å². The third-order valence-electron chi connectivity index (χ3n) is 3.96. The molecule has 0 atom stereocenters. The maximum atomic E-state index is 15.0. The molecule has 3 aromatic rings. The molecule has 0 bridgehead atoms. The lowest BCUT2D eigenvalue weighted by Crippen LogP contribution is -2.13. The molecule has 0 amide bonds. The van der Waals surface area contributed by atoms with Gasteiger partial charge in [0.2, 0.25) is 0 Å². The minimum absolute atomic E-state index is 0.0860. The Morgan fingerprint density at radius 3 is 2.68 bits per heavy atom. The summed E-state index contributed by atoms with van der Waals surface area (Å²) >= 11 is 0. The number of furan rings is 1. The molecule has 28 heavy (non-hydrogen) atoms. The fourth-order valence-electron chi connectivity index (χ4n) is 2.78. The molecule has 1 aromatic carbocycles. The van der Waals surface area contributed by atoms with E-state index < -0.39 is 30.3 Å². The lowest BCUT2D eigenvalue weighted by atomic mass is 10.1. The zero-order valence-corrected chi connectivity index (χ0v) is 14.9. The van der Waals surface area contributed by atoms with E-state index in [-0.39, 0.29) is 40.2 Å². The van der Waals surface area contributed by atoms with Crippen molar-refractivity contribution in [2.75, 3.05) is 6.61 Å². The number of nitrogens with zero attached hydrogens (tertiary/aromatic N) is 1. The molecule has 0 radical (unpaired) electrons. The van der Waals surface area contributed by atoms with Gasteiger partial charge in [-0.25, -0.2) is 9.18 Å². The van der Waals surface area contributed by atoms with E-state index in [1.54, 1.807) is 6.92 Å². The van der Waals surface area contributed by atoms with Gasteiger partial charge in [-0.05, 0) is 32.0 Å². The minimum atomic E-state index is -4.67. The number of pyridine rings is 1. The van der Waals surface area contributed by atoms with E-state index in [2.05, 4.69) is 4.98 Å². The number of ether oxygens (including phenoxy) is 2. The molecular weight excluding hydrogens is 382 g/mol. The van der Waals surface area contributed by atoms with Crippen LogP contribution in [0.4, 0.5) is 17.6 Å². The van der Waals surface area contributed by atoms with Gasteiger partial charge in [-0.1, -0.05) is 6.07 Å². The maximum Gasteiger partial charge on any atom is 0.433 e. The van der Waals surface area contributed by atoms with Crippen molar-refractivity contribution < 1.29 is 36.2 Å². The molecule has 9 heteroatoms. The van der Waals surface area contributed by atoms with Gasteiger partial charge in [0.05, 0.1) is 12.0 Å². The topological polar surface area (TPSA) is 61.6 Å². The summed E-state index contributed by atoms with van der Waals surface area (Å²) < 4.78 is 69.6. The Kier molecular flexibility index (Phi) is 5.26. The number of fused-ring (bicyclic) bond motifs is 1. The lowest BCUT2D eigenvalue weighted by molar-refractivity contribution is -0.142. The summed E-state index contributed by atoms with van der Waals surface area (Å²) in [6.45, 7) is 2.62. The Hall–Kier alpha value is -3.10. The smallest absolute Gasteiger partial charge is 0.433 e. The van der Waals surface area contributed by atoms with E-state index >= 15 is 0 Å². The quantitative estimate of drug-likeness (QED) is 0.445. The number of hydrogen-bond acceptors (Lipinski definition) is 5. The van der Waals surface area contributed by atoms with E-state index in [1.807, 2.05) is 0 Å². The normalized spacial score (nSPS) is 11.6. The molecule has 2 heterocycles. The first-order valence-electron chi connectivity index (χ1n) is 8.26. The van der Waals surface area contributed by atoms with Gasteiger partial charge in [0.1, 0.15) is 23.5 Å². The third-order valence-corrected chi connectivity index (χ3v) is 3.96. The molecule has 0 aliphatic carbocycles. The van der Waals surface area contributed by atoms with Crippen molar-refractivity contribution in [2.45, 2.75) is 26.6 Å². The molecule has 0 fully saturated rings. The fourth-order valence-corrected chi connectivity index (χ4v) is 2.78. The van der Waals surface area contributed by atoms with Crippen LogP contribution in [0.3, 0.4) is 0 Å². The summed E-state index contributed by atoms with van der Waals surface area (Å²) in [5.41, 5.74) is -1.34. The first-order valence-corrected chi connectivity index (χ1v) is 8.26. The van der Waals surface area contributed by atoms with Gasteiger partial charge in [-0.2, -0.15) is 13.2 Å². The lowest BCUT2D eigenvalue weighted by Gasteiger charge is -2.13. The van der Waals surface area contributed by atoms with Crippen LogP contribution in [0.5, 0.6) is 5.75 Å². The van der Waals surface area contributed by atoms with Gasteiger partial charge < -0.3 is 13.9 Å². The number of carbonyl (C=O) groups excluding carboxylic acids is 1. The summed E-state index contributed by atoms with van der Waals surface area (Å²) in [6, 6.07) is 5.11. The van der Waals surface area contributed by atoms with E-state index in [0.29, 0.717) is 0 Å². The van der Waals surface area contributed by atoms with Crippen LogP contribution in [-0.2, 0) is 17.5 Å². The highest BCUT2D eigenvalue weighted by molar-refractivity contribution is 6.05. The molecule has 0 aliphatic rings. The Bertz CT molecular complexity index is 1030. The summed E-state index contributed by atoms with van der Waals surface area (Å²) in [4.78, 5) is 15.4. The maximum absolute atomic E-state index is 15.0.